The largest absolute Gasteiger partial charge is 0.315 e. The Balaban J connectivity index is 2.17. The average Bonchev–Trinajstić information content (AvgIpc) is 2.40. The zero-order valence-corrected chi connectivity index (χ0v) is 7.44. The monoisotopic (exact) mass is 175 g/mol. The van der Waals surface area contributed by atoms with Gasteiger partial charge in [0.25, 0.3) is 0 Å². The first kappa shape index (κ1) is 8.30. The summed E-state index contributed by atoms with van der Waals surface area (Å²) < 4.78 is 1.75. The van der Waals surface area contributed by atoms with Crippen LogP contribution >= 0.6 is 25.0 Å². The van der Waals surface area contributed by atoms with Gasteiger partial charge in [-0.05, 0) is 12.3 Å². The summed E-state index contributed by atoms with van der Waals surface area (Å²) in [5.41, 5.74) is 1.57. The van der Waals surface area contributed by atoms with Crippen molar-refractivity contribution >= 4 is 30.5 Å². The molecule has 1 unspecified atom stereocenters. The van der Waals surface area contributed by atoms with Crippen LogP contribution in [0.5, 0.6) is 0 Å². The molecule has 0 saturated carbocycles. The van der Waals surface area contributed by atoms with Crippen LogP contribution in [0.4, 0.5) is 0 Å². The number of hydrogen-bond donors (Lipinski definition) is 1. The van der Waals surface area contributed by atoms with Crippen molar-refractivity contribution in [2.45, 2.75) is 6.42 Å². The number of nitrogens with zero attached hydrogens (tertiary/aromatic N) is 2. The Bertz CT molecular complexity index is 112. The minimum absolute atomic E-state index is 0.677. The Morgan fingerprint density at radius 3 is 3.10 bits per heavy atom. The molecule has 4 heteroatoms. The van der Waals surface area contributed by atoms with Gasteiger partial charge in [-0.3, -0.25) is 0 Å². The van der Waals surface area contributed by atoms with Crippen LogP contribution in [0.15, 0.2) is 0 Å². The fraction of sp³-hybridized carbons (Fsp3) is 0.833. The third kappa shape index (κ3) is 2.44. The maximum Gasteiger partial charge on any atom is 0.0738 e. The van der Waals surface area contributed by atoms with Gasteiger partial charge in [0, 0.05) is 19.6 Å². The summed E-state index contributed by atoms with van der Waals surface area (Å²) in [6, 6.07) is 0. The normalized spacial score (nSPS) is 24.7. The first-order valence-corrected chi connectivity index (χ1v) is 4.24. The maximum atomic E-state index is 4.70. The Labute approximate surface area is 72.5 Å². The predicted molar refractivity (Wildman–Crippen MR) is 49.3 cm³/mol. The molecule has 0 aliphatic carbocycles. The summed E-state index contributed by atoms with van der Waals surface area (Å²) in [6.45, 7) is 2.94. The van der Waals surface area contributed by atoms with E-state index in [2.05, 4.69) is 18.1 Å². The molecule has 1 rings (SSSR count). The molecule has 0 bridgehead atoms. The molecule has 0 spiro atoms. The molecule has 1 aliphatic heterocycles. The van der Waals surface area contributed by atoms with Gasteiger partial charge in [-0.1, -0.05) is 25.0 Å². The molecule has 10 heavy (non-hydrogen) atoms. The van der Waals surface area contributed by atoms with Gasteiger partial charge in [0.05, 0.1) is 5.49 Å². The van der Waals surface area contributed by atoms with Crippen LogP contribution in [0.2, 0.25) is 0 Å². The Hall–Kier alpha value is 0.200. The highest BCUT2D eigenvalue weighted by molar-refractivity contribution is 7.83. The summed E-state index contributed by atoms with van der Waals surface area (Å²) in [7, 11) is 0. The van der Waals surface area contributed by atoms with Crippen LogP contribution in [-0.4, -0.2) is 29.4 Å². The van der Waals surface area contributed by atoms with E-state index in [-0.39, 0.29) is 0 Å². The summed E-state index contributed by atoms with van der Waals surface area (Å²) >= 11 is 8.84. The van der Waals surface area contributed by atoms with E-state index >= 15 is 0 Å². The van der Waals surface area contributed by atoms with Crippen molar-refractivity contribution < 1.29 is 0 Å². The van der Waals surface area contributed by atoms with Crippen LogP contribution in [-0.2, 0) is 0 Å². The molecule has 1 saturated heterocycles. The molecule has 1 atom stereocenters. The van der Waals surface area contributed by atoms with Gasteiger partial charge >= 0.3 is 0 Å². The second-order valence-electron chi connectivity index (χ2n) is 2.51. The lowest BCUT2D eigenvalue weighted by atomic mass is 10.1. The molecule has 0 N–H and O–H groups in total. The highest BCUT2D eigenvalue weighted by Gasteiger charge is 2.16. The van der Waals surface area contributed by atoms with E-state index in [1.54, 1.807) is 9.80 Å². The average molecular weight is 175 g/mol. The fourth-order valence-electron chi connectivity index (χ4n) is 1.10. The van der Waals surface area contributed by atoms with E-state index in [4.69, 9.17) is 12.2 Å². The lowest BCUT2D eigenvalue weighted by Gasteiger charge is -2.14. The molecule has 1 fully saturated rings. The third-order valence-corrected chi connectivity index (χ3v) is 2.34. The summed E-state index contributed by atoms with van der Waals surface area (Å²) in [6.07, 6.45) is 1.19. The van der Waals surface area contributed by atoms with Crippen molar-refractivity contribution in [1.29, 1.82) is 0 Å². The maximum absolute atomic E-state index is 4.70. The van der Waals surface area contributed by atoms with Gasteiger partial charge < -0.3 is 4.31 Å². The van der Waals surface area contributed by atoms with Crippen LogP contribution < -0.4 is 5.32 Å². The third-order valence-electron chi connectivity index (χ3n) is 1.65. The summed E-state index contributed by atoms with van der Waals surface area (Å²) in [5, 5.41) is 4.24. The number of thiocarbonyl (C=S) groups is 1. The summed E-state index contributed by atoms with van der Waals surface area (Å²) in [4.78, 5) is 0. The molecule has 1 aliphatic rings. The van der Waals surface area contributed by atoms with E-state index in [0.717, 1.165) is 19.6 Å². The molecule has 1 heterocycles. The molecule has 0 aromatic heterocycles. The van der Waals surface area contributed by atoms with Crippen molar-refractivity contribution in [3.63, 3.8) is 0 Å². The van der Waals surface area contributed by atoms with Crippen molar-refractivity contribution in [2.24, 2.45) is 5.92 Å². The number of hydrogen-bond acceptors (Lipinski definition) is 2. The molecule has 2 nitrogen and oxygen atoms in total. The SMILES string of the molecule is S=CN(S)CC1CC[N]C1. The van der Waals surface area contributed by atoms with E-state index in [9.17, 15) is 0 Å². The van der Waals surface area contributed by atoms with Gasteiger partial charge in [0.1, 0.15) is 0 Å². The topological polar surface area (TPSA) is 17.3 Å². The number of rotatable bonds is 3. The minimum Gasteiger partial charge on any atom is -0.315 e. The van der Waals surface area contributed by atoms with Gasteiger partial charge in [-0.15, -0.1) is 0 Å². The van der Waals surface area contributed by atoms with E-state index in [0.29, 0.717) is 5.92 Å². The lowest BCUT2D eigenvalue weighted by Crippen LogP contribution is -2.20. The molecule has 0 amide bonds. The fourth-order valence-corrected chi connectivity index (χ4v) is 1.41. The van der Waals surface area contributed by atoms with Gasteiger partial charge in [-0.25, -0.2) is 5.32 Å². The zero-order valence-electron chi connectivity index (χ0n) is 5.73. The van der Waals surface area contributed by atoms with E-state index < -0.39 is 0 Å². The standard InChI is InChI=1S/C6H11N2S2/c9-5-8(10)4-6-1-2-7-3-6/h5-6,10H,1-4H2. The molecule has 57 valence electrons. The smallest absolute Gasteiger partial charge is 0.0738 e. The quantitative estimate of drug-likeness (QED) is 0.503. The van der Waals surface area contributed by atoms with Crippen LogP contribution in [0, 0.1) is 5.92 Å². The predicted octanol–water partition coefficient (Wildman–Crippen LogP) is 0.715. The van der Waals surface area contributed by atoms with Gasteiger partial charge in [-0.2, -0.15) is 0 Å². The van der Waals surface area contributed by atoms with Crippen molar-refractivity contribution in [2.75, 3.05) is 19.6 Å². The van der Waals surface area contributed by atoms with Gasteiger partial charge in [0.2, 0.25) is 0 Å². The lowest BCUT2D eigenvalue weighted by molar-refractivity contribution is 0.498. The second kappa shape index (κ2) is 4.16. The molecular weight excluding hydrogens is 164 g/mol. The first-order valence-electron chi connectivity index (χ1n) is 3.37. The van der Waals surface area contributed by atoms with Crippen LogP contribution in [0.25, 0.3) is 0 Å². The van der Waals surface area contributed by atoms with Crippen molar-refractivity contribution in [1.82, 2.24) is 9.62 Å². The molecule has 1 radical (unpaired) electrons. The Morgan fingerprint density at radius 1 is 1.80 bits per heavy atom. The molecule has 0 aromatic carbocycles. The van der Waals surface area contributed by atoms with Crippen LogP contribution in [0.1, 0.15) is 6.42 Å². The van der Waals surface area contributed by atoms with E-state index in [1.165, 1.54) is 6.42 Å². The van der Waals surface area contributed by atoms with E-state index in [1.807, 2.05) is 0 Å². The number of thiol groups is 1. The first-order chi connectivity index (χ1) is 4.83. The zero-order chi connectivity index (χ0) is 7.40. The highest BCUT2D eigenvalue weighted by Crippen LogP contribution is 2.10. The van der Waals surface area contributed by atoms with Crippen LogP contribution in [0.3, 0.4) is 0 Å². The minimum atomic E-state index is 0.677. The highest BCUT2D eigenvalue weighted by atomic mass is 32.1. The molecular formula is C6H11N2S2. The Kier molecular flexibility index (Phi) is 3.45. The van der Waals surface area contributed by atoms with Crippen molar-refractivity contribution in [3.05, 3.63) is 0 Å². The van der Waals surface area contributed by atoms with Crippen molar-refractivity contribution in [3.8, 4) is 0 Å². The summed E-state index contributed by atoms with van der Waals surface area (Å²) in [5.74, 6) is 0.677. The Morgan fingerprint density at radius 2 is 2.60 bits per heavy atom. The van der Waals surface area contributed by atoms with Gasteiger partial charge in [0.15, 0.2) is 0 Å². The second-order valence-corrected chi connectivity index (χ2v) is 3.24. The molecule has 0 aromatic rings.